The molecule has 98 heavy (non-hydrogen) atoms. The van der Waals surface area contributed by atoms with E-state index in [2.05, 4.69) is 465 Å². The van der Waals surface area contributed by atoms with Crippen LogP contribution in [0.2, 0.25) is 0 Å². The lowest BCUT2D eigenvalue weighted by Gasteiger charge is -2.37. The summed E-state index contributed by atoms with van der Waals surface area (Å²) in [6.45, 7) is 4.51. The van der Waals surface area contributed by atoms with Crippen LogP contribution in [0.15, 0.2) is 352 Å². The summed E-state index contributed by atoms with van der Waals surface area (Å²) in [5, 5.41) is 0. The van der Waals surface area contributed by atoms with Crippen molar-refractivity contribution in [3.63, 3.8) is 0 Å². The number of nitrogens with zero attached hydrogens (tertiary/aromatic N) is 7. The largest absolute Gasteiger partial charge is 0.298 e. The van der Waals surface area contributed by atoms with E-state index in [4.69, 9.17) is 0 Å². The van der Waals surface area contributed by atoms with Gasteiger partial charge in [-0.05, 0) is 103 Å². The molecule has 0 heterocycles. The maximum absolute atomic E-state index is 2.28. The van der Waals surface area contributed by atoms with Crippen molar-refractivity contribution in [1.29, 1.82) is 0 Å². The molecule has 0 bridgehead atoms. The highest BCUT2D eigenvalue weighted by Gasteiger charge is 2.39. The van der Waals surface area contributed by atoms with E-state index in [9.17, 15) is 0 Å². The molecule has 0 aliphatic carbocycles. The second-order valence-corrected chi connectivity index (χ2v) is 29.0. The average molecular weight is 1300 g/mol. The van der Waals surface area contributed by atoms with Gasteiger partial charge in [0.05, 0.1) is 106 Å². The van der Waals surface area contributed by atoms with Gasteiger partial charge in [0.1, 0.15) is 73.9 Å². The van der Waals surface area contributed by atoms with Crippen molar-refractivity contribution in [2.75, 3.05) is 106 Å². The molecule has 0 radical (unpaired) electrons. The van der Waals surface area contributed by atoms with Crippen molar-refractivity contribution in [2.24, 2.45) is 0 Å². The van der Waals surface area contributed by atoms with E-state index in [1.807, 2.05) is 6.07 Å². The molecule has 0 aliphatic heterocycles. The van der Waals surface area contributed by atoms with Crippen LogP contribution < -0.4 is 31.4 Å². The van der Waals surface area contributed by atoms with E-state index in [0.29, 0.717) is 14.9 Å². The van der Waals surface area contributed by atoms with Crippen molar-refractivity contribution in [3.05, 3.63) is 357 Å². The Morgan fingerprint density at radius 2 is 0.357 bits per heavy atom. The molecular weight excluding hydrogens is 1190 g/mol. The van der Waals surface area contributed by atoms with E-state index in [-0.39, 0.29) is 0 Å². The van der Waals surface area contributed by atoms with Gasteiger partial charge in [-0.25, -0.2) is 4.48 Å². The molecule has 7 nitrogen and oxygen atoms in total. The Balaban J connectivity index is 0.000000170. The van der Waals surface area contributed by atoms with Crippen LogP contribution in [0.5, 0.6) is 0 Å². The minimum Gasteiger partial charge on any atom is -0.298 e. The summed E-state index contributed by atoms with van der Waals surface area (Å²) in [6, 6.07) is 124. The second-order valence-electron chi connectivity index (χ2n) is 29.0. The summed E-state index contributed by atoms with van der Waals surface area (Å²) < 4.78 is 5.53. The molecule has 0 N–H and O–H groups in total. The zero-order valence-electron chi connectivity index (χ0n) is 61.9. The highest BCUT2D eigenvalue weighted by Crippen LogP contribution is 2.51. The van der Waals surface area contributed by atoms with Crippen molar-refractivity contribution in [1.82, 2.24) is 31.4 Å². The predicted octanol–water partition coefficient (Wildman–Crippen LogP) is 23.2. The SMILES string of the molecule is CCC(C)c1ccc([N+](C)(C)C)cc1.C[N+](C)(C)c1ccc([N+](C)(C)C)cc1.C[N+](C)(C)c1ccccc1.C[N+](C)(c1ccccc1)c1ccccc1.C[N+](c1ccccc1)(c1ccccc1)c1ccccc1.c1ccc([N+](c2ccccc2)(c2ccccc2)c2ccccc2)cc1. The van der Waals surface area contributed by atoms with Crippen LogP contribution in [0.4, 0.5) is 73.9 Å². The zero-order valence-corrected chi connectivity index (χ0v) is 61.9. The van der Waals surface area contributed by atoms with E-state index < -0.39 is 0 Å². The Bertz CT molecular complexity index is 3800. The van der Waals surface area contributed by atoms with Crippen LogP contribution in [0, 0.1) is 0 Å². The Hall–Kier alpha value is -9.64. The molecule has 0 aliphatic rings. The molecule has 0 fully saturated rings. The normalized spacial score (nSPS) is 11.9. The van der Waals surface area contributed by atoms with Crippen LogP contribution in [0.3, 0.4) is 0 Å². The van der Waals surface area contributed by atoms with E-state index >= 15 is 0 Å². The van der Waals surface area contributed by atoms with Gasteiger partial charge < -0.3 is 0 Å². The number of benzene rings is 12. The second kappa shape index (κ2) is 35.0. The zero-order chi connectivity index (χ0) is 70.9. The quantitative estimate of drug-likeness (QED) is 0.0898. The van der Waals surface area contributed by atoms with Crippen molar-refractivity contribution in [2.45, 2.75) is 26.2 Å². The molecule has 12 rings (SSSR count). The molecule has 0 spiro atoms. The van der Waals surface area contributed by atoms with E-state index in [0.717, 1.165) is 22.4 Å². The summed E-state index contributed by atoms with van der Waals surface area (Å²) in [5.41, 5.74) is 18.0. The molecule has 12 aromatic carbocycles. The number of para-hydroxylation sites is 10. The van der Waals surface area contributed by atoms with Crippen LogP contribution in [0.25, 0.3) is 0 Å². The Labute approximate surface area is 591 Å². The lowest BCUT2D eigenvalue weighted by atomic mass is 9.98. The molecule has 0 aromatic heterocycles. The van der Waals surface area contributed by atoms with Crippen molar-refractivity contribution >= 4 is 73.9 Å². The van der Waals surface area contributed by atoms with E-state index in [1.165, 1.54) is 85.9 Å². The third-order valence-electron chi connectivity index (χ3n) is 18.0. The summed E-state index contributed by atoms with van der Waals surface area (Å²) in [5.74, 6) is 0.677. The Morgan fingerprint density at radius 3 is 0.541 bits per heavy atom. The van der Waals surface area contributed by atoms with Gasteiger partial charge in [0.2, 0.25) is 0 Å². The highest BCUT2D eigenvalue weighted by atomic mass is 15.4. The molecule has 0 saturated carbocycles. The molecule has 1 unspecified atom stereocenters. The van der Waals surface area contributed by atoms with Gasteiger partial charge in [-0.1, -0.05) is 208 Å². The highest BCUT2D eigenvalue weighted by molar-refractivity contribution is 5.81. The van der Waals surface area contributed by atoms with E-state index in [1.54, 1.807) is 0 Å². The van der Waals surface area contributed by atoms with Gasteiger partial charge in [0.25, 0.3) is 0 Å². The first-order valence-corrected chi connectivity index (χ1v) is 34.3. The summed E-state index contributed by atoms with van der Waals surface area (Å²) in [4.78, 5) is 0. The van der Waals surface area contributed by atoms with Crippen LogP contribution in [-0.4, -0.2) is 106 Å². The number of hydrogen-bond acceptors (Lipinski definition) is 0. The number of quaternary nitrogens is 7. The topological polar surface area (TPSA) is 0 Å². The summed E-state index contributed by atoms with van der Waals surface area (Å²) in [6.07, 6.45) is 1.21. The van der Waals surface area contributed by atoms with Gasteiger partial charge in [-0.3, -0.25) is 22.4 Å². The first-order valence-electron chi connectivity index (χ1n) is 34.3. The van der Waals surface area contributed by atoms with Crippen molar-refractivity contribution in [3.8, 4) is 0 Å². The molecule has 7 heteroatoms. The predicted molar refractivity (Wildman–Crippen MR) is 435 cm³/mol. The number of rotatable bonds is 15. The fourth-order valence-corrected chi connectivity index (χ4v) is 11.6. The van der Waals surface area contributed by atoms with Gasteiger partial charge in [0, 0.05) is 72.8 Å². The molecule has 12 aromatic rings. The third kappa shape index (κ3) is 20.7. The van der Waals surface area contributed by atoms with Crippen molar-refractivity contribution < 1.29 is 0 Å². The Kier molecular flexibility index (Phi) is 27.1. The van der Waals surface area contributed by atoms with Gasteiger partial charge in [0.15, 0.2) is 0 Å². The minimum atomic E-state index is 0.559. The first kappa shape index (κ1) is 75.7. The summed E-state index contributed by atoms with van der Waals surface area (Å²) >= 11 is 0. The molecular formula is C91H112N7+7. The molecule has 1 atom stereocenters. The maximum atomic E-state index is 2.28. The van der Waals surface area contributed by atoms with Gasteiger partial charge in [-0.2, -0.15) is 4.48 Å². The molecule has 0 amide bonds. The fourth-order valence-electron chi connectivity index (χ4n) is 11.6. The lowest BCUT2D eigenvalue weighted by molar-refractivity contribution is 0.477. The standard InChI is InChI=1S/C24H20N.C19H18N.C14H16N.C13H22N.C12H22N2.C9H14N/c1-5-13-21(14-6-1)25(22-15-7-2-8-16-22,23-17-9-3-10-18-23)24-19-11-4-12-20-24;1-20(17-11-5-2-6-12-17,18-13-7-3-8-14-18)19-15-9-4-10-16-19;1-15(2,13-9-5-3-6-10-13)14-11-7-4-8-12-14;1-6-11(2)12-7-9-13(10-8-12)14(3,4)5;1-13(2,3)11-7-9-12(10-8-11)14(4,5)6;1-10(2,3)9-7-5-4-6-8-9/h1-20H;2-16H,1H3;3-12H,1-2H3;7-11H,6H2,1-5H3;7-10H,1-6H3;4-8H,1-3H3/q4*+1;+2;+1. The fraction of sp³-hybridized carbons (Fsp3) is 0.209. The van der Waals surface area contributed by atoms with Gasteiger partial charge in [-0.15, -0.1) is 0 Å². The molecule has 0 saturated heterocycles. The van der Waals surface area contributed by atoms with Crippen LogP contribution in [0.1, 0.15) is 31.7 Å². The average Bonchev–Trinajstić information content (AvgIpc) is 0.740. The van der Waals surface area contributed by atoms with Crippen LogP contribution >= 0.6 is 0 Å². The Morgan fingerprint density at radius 1 is 0.194 bits per heavy atom. The van der Waals surface area contributed by atoms with Crippen LogP contribution in [-0.2, 0) is 0 Å². The third-order valence-corrected chi connectivity index (χ3v) is 18.0. The van der Waals surface area contributed by atoms with Gasteiger partial charge >= 0.3 is 0 Å². The number of hydrogen-bond donors (Lipinski definition) is 0. The monoisotopic (exact) mass is 1300 g/mol. The first-order chi connectivity index (χ1) is 46.7. The maximum Gasteiger partial charge on any atom is 0.148 e. The lowest BCUT2D eigenvalue weighted by Crippen LogP contribution is -2.36. The minimum absolute atomic E-state index is 0.559. The summed E-state index contributed by atoms with van der Waals surface area (Å²) in [7, 11) is 32.8. The smallest absolute Gasteiger partial charge is 0.148 e. The molecule has 504 valence electrons.